The van der Waals surface area contributed by atoms with E-state index in [9.17, 15) is 0 Å². The van der Waals surface area contributed by atoms with Gasteiger partial charge in [0.05, 0.1) is 0 Å². The van der Waals surface area contributed by atoms with Gasteiger partial charge in [0.25, 0.3) is 0 Å². The van der Waals surface area contributed by atoms with Crippen LogP contribution in [0.5, 0.6) is 0 Å². The Morgan fingerprint density at radius 2 is 1.43 bits per heavy atom. The molecule has 0 saturated carbocycles. The van der Waals surface area contributed by atoms with Gasteiger partial charge in [0, 0.05) is 29.6 Å². The van der Waals surface area contributed by atoms with Crippen molar-refractivity contribution in [3.05, 3.63) is 6.57 Å². The Bertz CT molecular complexity index is 56.4. The zero-order chi connectivity index (χ0) is 4.71. The first-order valence-electron chi connectivity index (χ1n) is 0.736. The second-order valence-corrected chi connectivity index (χ2v) is 0.129. The minimum absolute atomic E-state index is 0. The molecule has 3 radical (unpaired) electrons. The third kappa shape index (κ3) is 164. The average molecular weight is 109 g/mol. The summed E-state index contributed by atoms with van der Waals surface area (Å²) in [6.45, 7) is 4.75. The second-order valence-electron chi connectivity index (χ2n) is 0.129. The van der Waals surface area contributed by atoms with Gasteiger partial charge in [-0.15, -0.1) is 0 Å². The fourth-order valence-electron chi connectivity index (χ4n) is 0. The van der Waals surface area contributed by atoms with Gasteiger partial charge in [-0.1, -0.05) is 0 Å². The predicted octanol–water partition coefficient (Wildman–Crippen LogP) is -3.64. The predicted molar refractivity (Wildman–Crippen MR) is 22.1 cm³/mol. The van der Waals surface area contributed by atoms with Crippen molar-refractivity contribution in [1.82, 2.24) is 0 Å². The zero-order valence-electron chi connectivity index (χ0n) is 4.47. The zero-order valence-corrected chi connectivity index (χ0v) is 8.47. The standard InChI is InChI=1S/CBN.CN.2Na/c2-1-3;1-2;;/q;-1;;+1. The largest absolute Gasteiger partial charge is 1.00 e. The maximum Gasteiger partial charge on any atom is 1.00 e. The fourth-order valence-corrected chi connectivity index (χ4v) is 0. The quantitative estimate of drug-likeness (QED) is 0.238. The van der Waals surface area contributed by atoms with E-state index in [0.29, 0.717) is 0 Å². The molecule has 0 heterocycles. The van der Waals surface area contributed by atoms with Crippen molar-refractivity contribution in [1.29, 1.82) is 10.5 Å². The molecular weight excluding hydrogens is 109 g/mol. The van der Waals surface area contributed by atoms with E-state index in [1.165, 1.54) is 5.97 Å². The summed E-state index contributed by atoms with van der Waals surface area (Å²) in [5.74, 6) is 1.25. The molecule has 0 aliphatic rings. The van der Waals surface area contributed by atoms with Crippen LogP contribution in [0.25, 0.3) is 0 Å². The van der Waals surface area contributed by atoms with Crippen molar-refractivity contribution in [2.75, 3.05) is 0 Å². The van der Waals surface area contributed by atoms with Crippen LogP contribution in [0.15, 0.2) is 0 Å². The summed E-state index contributed by atoms with van der Waals surface area (Å²) in [4.78, 5) is 0. The van der Waals surface area contributed by atoms with Crippen LogP contribution in [-0.4, -0.2) is 37.4 Å². The summed E-state index contributed by atoms with van der Waals surface area (Å²) in [5, 5.41) is 13.3. The van der Waals surface area contributed by atoms with Crippen molar-refractivity contribution in [2.24, 2.45) is 0 Å². The summed E-state index contributed by atoms with van der Waals surface area (Å²) in [7, 11) is 4.15. The molecule has 0 rings (SSSR count). The number of hydrogen-bond acceptors (Lipinski definition) is 2. The van der Waals surface area contributed by atoms with Gasteiger partial charge in [0.2, 0.25) is 7.85 Å². The van der Waals surface area contributed by atoms with Crippen LogP contribution >= 0.6 is 0 Å². The van der Waals surface area contributed by atoms with E-state index in [-0.39, 0.29) is 59.1 Å². The van der Waals surface area contributed by atoms with Gasteiger partial charge in [-0.3, -0.25) is 0 Å². The van der Waals surface area contributed by atoms with Crippen LogP contribution in [0, 0.1) is 23.1 Å². The second kappa shape index (κ2) is 61.6. The minimum Gasteiger partial charge on any atom is -0.512 e. The molecule has 23 valence electrons. The number of nitriles is 1. The first-order valence-corrected chi connectivity index (χ1v) is 0.736. The molecule has 0 unspecified atom stereocenters. The Kier molecular flexibility index (Phi) is 215. The molecule has 7 heavy (non-hydrogen) atoms. The van der Waals surface area contributed by atoms with E-state index in [0.717, 1.165) is 0 Å². The molecule has 0 aromatic heterocycles. The van der Waals surface area contributed by atoms with Gasteiger partial charge >= 0.3 is 29.6 Å². The maximum atomic E-state index is 7.10. The molecule has 0 N–H and O–H groups in total. The molecule has 0 aromatic carbocycles. The van der Waals surface area contributed by atoms with Crippen LogP contribution in [0.1, 0.15) is 0 Å². The monoisotopic (exact) mass is 109 g/mol. The molecule has 0 spiro atoms. The van der Waals surface area contributed by atoms with Crippen molar-refractivity contribution >= 4 is 37.4 Å². The molecule has 0 aliphatic carbocycles. The topological polar surface area (TPSA) is 47.6 Å². The summed E-state index contributed by atoms with van der Waals surface area (Å²) < 4.78 is 0. The maximum absolute atomic E-state index is 7.10. The molecule has 0 atom stereocenters. The molecule has 5 heteroatoms. The van der Waals surface area contributed by atoms with Crippen molar-refractivity contribution in [3.8, 4) is 5.97 Å². The summed E-state index contributed by atoms with van der Waals surface area (Å²) >= 11 is 0. The smallest absolute Gasteiger partial charge is 0.512 e. The molecule has 0 bridgehead atoms. The van der Waals surface area contributed by atoms with Crippen LogP contribution in [-0.2, 0) is 0 Å². The molecule has 0 amide bonds. The van der Waals surface area contributed by atoms with E-state index in [4.69, 9.17) is 17.1 Å². The van der Waals surface area contributed by atoms with Gasteiger partial charge < -0.3 is 11.8 Å². The number of rotatable bonds is 0. The van der Waals surface area contributed by atoms with Gasteiger partial charge in [0.1, 0.15) is 0 Å². The normalized spacial score (nSPS) is 1.29. The summed E-state index contributed by atoms with van der Waals surface area (Å²) in [6.07, 6.45) is 0. The Hall–Kier alpha value is 1.04. The third-order valence-corrected chi connectivity index (χ3v) is 0. The van der Waals surface area contributed by atoms with Gasteiger partial charge in [0.15, 0.2) is 0 Å². The van der Waals surface area contributed by atoms with Gasteiger partial charge in [-0.2, -0.15) is 0 Å². The first-order chi connectivity index (χ1) is 2.41. The fraction of sp³-hybridized carbons (Fsp3) is 0. The van der Waals surface area contributed by atoms with Crippen LogP contribution < -0.4 is 29.6 Å². The Balaban J connectivity index is -0.0000000105. The molecule has 0 saturated heterocycles. The van der Waals surface area contributed by atoms with E-state index in [2.05, 4.69) is 7.85 Å². The number of hydrogen-bond donors (Lipinski definition) is 0. The molecule has 2 nitrogen and oxygen atoms in total. The molecular formula is C2BN2Na2. The van der Waals surface area contributed by atoms with Crippen molar-refractivity contribution in [3.63, 3.8) is 0 Å². The SMILES string of the molecule is [B]C#N.[C-]#N.[Na+].[Na]. The van der Waals surface area contributed by atoms with E-state index in [1.807, 2.05) is 0 Å². The molecule has 0 aliphatic heterocycles. The average Bonchev–Trinajstić information content (AvgIpc) is 1.46. The number of nitrogens with zero attached hydrogens (tertiary/aromatic N) is 2. The Labute approximate surface area is 88.9 Å². The minimum atomic E-state index is 0. The van der Waals surface area contributed by atoms with E-state index < -0.39 is 0 Å². The Morgan fingerprint density at radius 3 is 1.43 bits per heavy atom. The third-order valence-electron chi connectivity index (χ3n) is 0. The van der Waals surface area contributed by atoms with Crippen LogP contribution in [0.4, 0.5) is 0 Å². The van der Waals surface area contributed by atoms with E-state index in [1.54, 1.807) is 0 Å². The first kappa shape index (κ1) is 24.4. The van der Waals surface area contributed by atoms with Gasteiger partial charge in [-0.05, 0) is 5.97 Å². The summed E-state index contributed by atoms with van der Waals surface area (Å²) in [6, 6.07) is 0. The van der Waals surface area contributed by atoms with Crippen LogP contribution in [0.2, 0.25) is 0 Å². The summed E-state index contributed by atoms with van der Waals surface area (Å²) in [5.41, 5.74) is 0. The molecule has 0 aromatic rings. The van der Waals surface area contributed by atoms with Crippen molar-refractivity contribution in [2.45, 2.75) is 0 Å². The van der Waals surface area contributed by atoms with Gasteiger partial charge in [-0.25, -0.2) is 5.26 Å². The van der Waals surface area contributed by atoms with Crippen LogP contribution in [0.3, 0.4) is 0 Å². The Morgan fingerprint density at radius 1 is 1.43 bits per heavy atom. The van der Waals surface area contributed by atoms with Crippen molar-refractivity contribution < 1.29 is 29.6 Å². The molecule has 0 fully saturated rings. The van der Waals surface area contributed by atoms with E-state index >= 15 is 0 Å².